The predicted molar refractivity (Wildman–Crippen MR) is 159 cm³/mol. The number of rotatable bonds is 13. The van der Waals surface area contributed by atoms with Gasteiger partial charge in [-0.15, -0.1) is 0 Å². The second-order valence-corrected chi connectivity index (χ2v) is 12.1. The molecule has 2 N–H and O–H groups in total. The summed E-state index contributed by atoms with van der Waals surface area (Å²) in [5, 5.41) is 3.14. The van der Waals surface area contributed by atoms with Crippen LogP contribution in [0.3, 0.4) is 0 Å². The van der Waals surface area contributed by atoms with Crippen LogP contribution in [0.15, 0.2) is 79.1 Å². The Bertz CT molecular complexity index is 1360. The Morgan fingerprint density at radius 2 is 1.68 bits per heavy atom. The van der Waals surface area contributed by atoms with Crippen LogP contribution in [0.2, 0.25) is 0 Å². The summed E-state index contributed by atoms with van der Waals surface area (Å²) in [5.41, 5.74) is 2.16. The fraction of sp³-hybridized carbons (Fsp3) is 0.419. The average Bonchev–Trinajstić information content (AvgIpc) is 3.01. The number of aromatic nitrogens is 1. The number of pyridine rings is 1. The van der Waals surface area contributed by atoms with Gasteiger partial charge < -0.3 is 14.8 Å². The highest BCUT2D eigenvalue weighted by Crippen LogP contribution is 2.39. The van der Waals surface area contributed by atoms with Gasteiger partial charge in [0, 0.05) is 50.1 Å². The lowest BCUT2D eigenvalue weighted by molar-refractivity contribution is 0.0932. The molecule has 0 aliphatic heterocycles. The highest BCUT2D eigenvalue weighted by Gasteiger charge is 2.39. The molecule has 10 heteroatoms. The van der Waals surface area contributed by atoms with Crippen molar-refractivity contribution in [1.82, 2.24) is 19.3 Å². The monoisotopic (exact) mass is 580 g/mol. The summed E-state index contributed by atoms with van der Waals surface area (Å²) in [4.78, 5) is 17.2. The van der Waals surface area contributed by atoms with Crippen molar-refractivity contribution in [2.75, 3.05) is 33.9 Å². The molecule has 41 heavy (non-hydrogen) atoms. The summed E-state index contributed by atoms with van der Waals surface area (Å²) >= 11 is 0. The van der Waals surface area contributed by atoms with Gasteiger partial charge in [-0.3, -0.25) is 9.78 Å². The van der Waals surface area contributed by atoms with E-state index in [0.717, 1.165) is 11.1 Å². The maximum absolute atomic E-state index is 13.7. The Morgan fingerprint density at radius 1 is 1.02 bits per heavy atom. The van der Waals surface area contributed by atoms with E-state index in [9.17, 15) is 13.2 Å². The quantitative estimate of drug-likeness (QED) is 0.313. The van der Waals surface area contributed by atoms with Crippen molar-refractivity contribution in [3.8, 4) is 5.75 Å². The summed E-state index contributed by atoms with van der Waals surface area (Å²) in [7, 11) is -0.702. The van der Waals surface area contributed by atoms with Gasteiger partial charge in [0.25, 0.3) is 16.1 Å². The Morgan fingerprint density at radius 3 is 2.34 bits per heavy atom. The molecule has 0 radical (unpaired) electrons. The van der Waals surface area contributed by atoms with Crippen molar-refractivity contribution >= 4 is 16.1 Å². The molecule has 1 fully saturated rings. The Labute approximate surface area is 243 Å². The van der Waals surface area contributed by atoms with Gasteiger partial charge in [-0.2, -0.15) is 17.4 Å². The predicted octanol–water partition coefficient (Wildman–Crippen LogP) is 4.24. The molecule has 1 amide bonds. The molecule has 3 aromatic rings. The molecule has 1 aromatic heterocycles. The van der Waals surface area contributed by atoms with Gasteiger partial charge >= 0.3 is 0 Å². The third kappa shape index (κ3) is 7.51. The van der Waals surface area contributed by atoms with Gasteiger partial charge in [-0.25, -0.2) is 0 Å². The van der Waals surface area contributed by atoms with E-state index in [0.29, 0.717) is 43.5 Å². The van der Waals surface area contributed by atoms with Gasteiger partial charge in [0.05, 0.1) is 19.3 Å². The molecule has 0 saturated heterocycles. The Kier molecular flexibility index (Phi) is 10.5. The molecule has 0 spiro atoms. The van der Waals surface area contributed by atoms with Crippen LogP contribution in [0, 0.1) is 0 Å². The van der Waals surface area contributed by atoms with E-state index in [1.165, 1.54) is 4.31 Å². The van der Waals surface area contributed by atoms with Crippen LogP contribution in [-0.4, -0.2) is 63.6 Å². The van der Waals surface area contributed by atoms with E-state index in [4.69, 9.17) is 9.47 Å². The minimum absolute atomic E-state index is 0.195. The number of ether oxygens (including phenoxy) is 2. The molecule has 4 rings (SSSR count). The normalized spacial score (nSPS) is 20.0. The summed E-state index contributed by atoms with van der Waals surface area (Å²) in [6, 6.07) is 20.4. The first-order valence-electron chi connectivity index (χ1n) is 13.9. The first-order chi connectivity index (χ1) is 19.8. The lowest BCUT2D eigenvalue weighted by Crippen LogP contribution is -2.51. The smallest absolute Gasteiger partial charge is 0.280 e. The third-order valence-electron chi connectivity index (χ3n) is 8.03. The van der Waals surface area contributed by atoms with Crippen LogP contribution >= 0.6 is 0 Å². The van der Waals surface area contributed by atoms with E-state index < -0.39 is 10.2 Å². The van der Waals surface area contributed by atoms with Gasteiger partial charge in [0.1, 0.15) is 5.75 Å². The number of nitrogens with zero attached hydrogens (tertiary/aromatic N) is 2. The number of hydrogen-bond acceptors (Lipinski definition) is 6. The molecule has 1 atom stereocenters. The Hall–Kier alpha value is -3.31. The van der Waals surface area contributed by atoms with Crippen molar-refractivity contribution < 1.29 is 22.7 Å². The van der Waals surface area contributed by atoms with E-state index in [2.05, 4.69) is 27.2 Å². The highest BCUT2D eigenvalue weighted by atomic mass is 32.2. The molecule has 220 valence electrons. The van der Waals surface area contributed by atoms with E-state index in [-0.39, 0.29) is 36.6 Å². The standard InChI is InChI=1S/C31H40N4O5S/c1-24(25-15-19-32-20-16-25)35(21-22-39-2)41(37,38)34-27-13-17-31(18-14-27,26-9-5-4-6-10-26)23-33-30(36)28-11-7-8-12-29(28)40-3/h4-12,15-16,19-20,24,27,34H,13-14,17-18,21-23H2,1-3H3,(H,33,36). The van der Waals surface area contributed by atoms with E-state index in [1.807, 2.05) is 49.4 Å². The van der Waals surface area contributed by atoms with Crippen molar-refractivity contribution in [2.24, 2.45) is 0 Å². The van der Waals surface area contributed by atoms with Crippen molar-refractivity contribution in [3.63, 3.8) is 0 Å². The van der Waals surface area contributed by atoms with Crippen molar-refractivity contribution in [2.45, 2.75) is 50.1 Å². The molecular weight excluding hydrogens is 540 g/mol. The molecule has 1 aliphatic rings. The van der Waals surface area contributed by atoms with Crippen LogP contribution in [0.25, 0.3) is 0 Å². The van der Waals surface area contributed by atoms with E-state index >= 15 is 0 Å². The number of nitrogens with one attached hydrogen (secondary N) is 2. The van der Waals surface area contributed by atoms with Crippen LogP contribution < -0.4 is 14.8 Å². The zero-order valence-electron chi connectivity index (χ0n) is 24.0. The highest BCUT2D eigenvalue weighted by molar-refractivity contribution is 7.87. The van der Waals surface area contributed by atoms with Gasteiger partial charge in [-0.1, -0.05) is 42.5 Å². The van der Waals surface area contributed by atoms with E-state index in [1.54, 1.807) is 38.7 Å². The zero-order valence-corrected chi connectivity index (χ0v) is 24.8. The maximum atomic E-state index is 13.7. The lowest BCUT2D eigenvalue weighted by atomic mass is 9.68. The molecule has 1 unspecified atom stereocenters. The molecule has 1 saturated carbocycles. The number of carbonyl (C=O) groups excluding carboxylic acids is 1. The molecule has 2 aromatic carbocycles. The largest absolute Gasteiger partial charge is 0.496 e. The minimum Gasteiger partial charge on any atom is -0.496 e. The second kappa shape index (κ2) is 14.0. The molecule has 9 nitrogen and oxygen atoms in total. The maximum Gasteiger partial charge on any atom is 0.280 e. The molecule has 1 heterocycles. The number of para-hydroxylation sites is 1. The van der Waals surface area contributed by atoms with Crippen molar-refractivity contribution in [1.29, 1.82) is 0 Å². The first kappa shape index (κ1) is 30.6. The fourth-order valence-corrected chi connectivity index (χ4v) is 7.26. The summed E-state index contributed by atoms with van der Waals surface area (Å²) in [6.45, 7) is 2.82. The second-order valence-electron chi connectivity index (χ2n) is 10.5. The number of methoxy groups -OCH3 is 2. The molecule has 1 aliphatic carbocycles. The van der Waals surface area contributed by atoms with Gasteiger partial charge in [0.2, 0.25) is 0 Å². The molecule has 0 bridgehead atoms. The zero-order chi connectivity index (χ0) is 29.3. The van der Waals surface area contributed by atoms with Crippen molar-refractivity contribution in [3.05, 3.63) is 95.8 Å². The summed E-state index contributed by atoms with van der Waals surface area (Å²) in [6.07, 6.45) is 6.04. The van der Waals surface area contributed by atoms with Crippen LogP contribution in [0.5, 0.6) is 5.75 Å². The fourth-order valence-electron chi connectivity index (χ4n) is 5.61. The Balaban J connectivity index is 1.48. The van der Waals surface area contributed by atoms with Gasteiger partial charge in [0.15, 0.2) is 0 Å². The van der Waals surface area contributed by atoms with Gasteiger partial charge in [-0.05, 0) is 68.0 Å². The number of amides is 1. The first-order valence-corrected chi connectivity index (χ1v) is 15.4. The number of benzene rings is 2. The molecular formula is C31H40N4O5S. The minimum atomic E-state index is -3.81. The van der Waals surface area contributed by atoms with Crippen LogP contribution in [-0.2, 0) is 20.4 Å². The summed E-state index contributed by atoms with van der Waals surface area (Å²) < 4.78 is 42.3. The van der Waals surface area contributed by atoms with Crippen LogP contribution in [0.1, 0.15) is 60.1 Å². The third-order valence-corrected chi connectivity index (χ3v) is 9.78. The SMILES string of the molecule is COCCN(C(C)c1ccncc1)S(=O)(=O)NC1CCC(CNC(=O)c2ccccc2OC)(c2ccccc2)CC1. The lowest BCUT2D eigenvalue weighted by Gasteiger charge is -2.41. The topological polar surface area (TPSA) is 110 Å². The summed E-state index contributed by atoms with van der Waals surface area (Å²) in [5.74, 6) is 0.329. The van der Waals surface area contributed by atoms with Crippen LogP contribution in [0.4, 0.5) is 0 Å². The number of carbonyl (C=O) groups is 1. The average molecular weight is 581 g/mol. The number of hydrogen-bond donors (Lipinski definition) is 2.